The predicted molar refractivity (Wildman–Crippen MR) is 132 cm³/mol. The second kappa shape index (κ2) is 11.9. The first-order valence-corrected chi connectivity index (χ1v) is 12.2. The Bertz CT molecular complexity index is 1280. The Balaban J connectivity index is 1.57. The Hall–Kier alpha value is -3.60. The Morgan fingerprint density at radius 1 is 0.806 bits per heavy atom. The lowest BCUT2D eigenvalue weighted by Gasteiger charge is -2.23. The highest BCUT2D eigenvalue weighted by Crippen LogP contribution is 2.32. The van der Waals surface area contributed by atoms with E-state index < -0.39 is 22.9 Å². The second-order valence-corrected chi connectivity index (χ2v) is 9.36. The van der Waals surface area contributed by atoms with Crippen molar-refractivity contribution in [1.29, 1.82) is 0 Å². The Labute approximate surface area is 209 Å². The third-order valence-corrected chi connectivity index (χ3v) is 6.60. The molecule has 1 unspecified atom stereocenters. The molecule has 0 aliphatic carbocycles. The molecule has 0 saturated carbocycles. The van der Waals surface area contributed by atoms with E-state index in [1.165, 1.54) is 4.31 Å². The number of hydrogen-bond donors (Lipinski definition) is 2. The molecule has 2 N–H and O–H groups in total. The fourth-order valence-electron chi connectivity index (χ4n) is 3.49. The summed E-state index contributed by atoms with van der Waals surface area (Å²) in [6.45, 7) is 0.287. The number of nitrogens with zero attached hydrogens (tertiary/aromatic N) is 3. The molecule has 1 atom stereocenters. The third kappa shape index (κ3) is 6.97. The summed E-state index contributed by atoms with van der Waals surface area (Å²) in [6.07, 6.45) is -3.59. The van der Waals surface area contributed by atoms with Crippen LogP contribution in [-0.2, 0) is 36.8 Å². The molecule has 4 rings (SSSR count). The molecule has 10 heteroatoms. The van der Waals surface area contributed by atoms with Crippen molar-refractivity contribution in [3.8, 4) is 0 Å². The van der Waals surface area contributed by atoms with Crippen LogP contribution < -0.4 is 10.9 Å². The molecule has 3 aromatic carbocycles. The van der Waals surface area contributed by atoms with E-state index in [1.54, 1.807) is 30.3 Å². The van der Waals surface area contributed by atoms with Gasteiger partial charge < -0.3 is 0 Å². The molecule has 0 aliphatic heterocycles. The number of hydrogen-bond acceptors (Lipinski definition) is 5. The Morgan fingerprint density at radius 2 is 1.39 bits per heavy atom. The summed E-state index contributed by atoms with van der Waals surface area (Å²) in [5, 5.41) is 0. The van der Waals surface area contributed by atoms with E-state index in [4.69, 9.17) is 0 Å². The van der Waals surface area contributed by atoms with E-state index in [9.17, 15) is 17.4 Å². The molecule has 0 saturated heterocycles. The van der Waals surface area contributed by atoms with Gasteiger partial charge in [-0.1, -0.05) is 78.9 Å². The van der Waals surface area contributed by atoms with Crippen LogP contribution in [0, 0.1) is 0 Å². The molecule has 4 aromatic rings. The van der Waals surface area contributed by atoms with Crippen LogP contribution in [0.15, 0.2) is 102 Å². The van der Waals surface area contributed by atoms with Crippen LogP contribution in [0.25, 0.3) is 0 Å². The molecule has 0 radical (unpaired) electrons. The molecule has 0 bridgehead atoms. The van der Waals surface area contributed by atoms with Crippen molar-refractivity contribution < 1.29 is 17.4 Å². The van der Waals surface area contributed by atoms with Crippen molar-refractivity contribution >= 4 is 16.9 Å². The zero-order valence-electron chi connectivity index (χ0n) is 19.2. The van der Waals surface area contributed by atoms with Crippen molar-refractivity contribution in [3.05, 3.63) is 120 Å². The van der Waals surface area contributed by atoms with Crippen LogP contribution in [0.1, 0.15) is 22.4 Å². The minimum atomic E-state index is -4.72. The molecule has 6 nitrogen and oxygen atoms in total. The lowest BCUT2D eigenvalue weighted by molar-refractivity contribution is -0.142. The fourth-order valence-corrected chi connectivity index (χ4v) is 4.70. The number of anilines is 1. The number of nitrogens with one attached hydrogen (secondary N) is 2. The van der Waals surface area contributed by atoms with Crippen molar-refractivity contribution in [3.63, 3.8) is 0 Å². The van der Waals surface area contributed by atoms with Crippen molar-refractivity contribution in [2.45, 2.75) is 30.7 Å². The summed E-state index contributed by atoms with van der Waals surface area (Å²) in [6, 6.07) is 27.2. The number of aromatic nitrogens is 2. The highest BCUT2D eigenvalue weighted by Gasteiger charge is 2.37. The van der Waals surface area contributed by atoms with Gasteiger partial charge in [-0.15, -0.1) is 0 Å². The summed E-state index contributed by atoms with van der Waals surface area (Å²) in [5.41, 5.74) is 5.97. The maximum absolute atomic E-state index is 14.0. The Morgan fingerprint density at radius 3 is 2.00 bits per heavy atom. The highest BCUT2D eigenvalue weighted by molar-refractivity contribution is 7.82. The molecular weight excluding hydrogens is 487 g/mol. The molecule has 36 heavy (non-hydrogen) atoms. The third-order valence-electron chi connectivity index (χ3n) is 5.20. The van der Waals surface area contributed by atoms with Crippen LogP contribution in [0.3, 0.4) is 0 Å². The summed E-state index contributed by atoms with van der Waals surface area (Å²) in [4.78, 5) is 8.29. The van der Waals surface area contributed by atoms with Crippen molar-refractivity contribution in [2.75, 3.05) is 5.43 Å². The molecular formula is C26H24F3N5OS. The maximum atomic E-state index is 14.0. The van der Waals surface area contributed by atoms with Gasteiger partial charge in [-0.05, 0) is 23.3 Å². The molecule has 0 spiro atoms. The molecule has 0 amide bonds. The van der Waals surface area contributed by atoms with E-state index in [0.717, 1.165) is 17.3 Å². The van der Waals surface area contributed by atoms with E-state index in [1.807, 2.05) is 60.7 Å². The van der Waals surface area contributed by atoms with Crippen LogP contribution in [0.2, 0.25) is 0 Å². The number of benzene rings is 3. The monoisotopic (exact) mass is 511 g/mol. The van der Waals surface area contributed by atoms with Crippen LogP contribution in [0.5, 0.6) is 0 Å². The quantitative estimate of drug-likeness (QED) is 0.282. The first-order chi connectivity index (χ1) is 17.4. The number of alkyl halides is 3. The van der Waals surface area contributed by atoms with Crippen molar-refractivity contribution in [2.24, 2.45) is 0 Å². The molecule has 1 heterocycles. The van der Waals surface area contributed by atoms with Crippen LogP contribution >= 0.6 is 0 Å². The van der Waals surface area contributed by atoms with Gasteiger partial charge in [0, 0.05) is 31.4 Å². The van der Waals surface area contributed by atoms with Crippen molar-refractivity contribution in [1.82, 2.24) is 19.7 Å². The van der Waals surface area contributed by atoms with Gasteiger partial charge in [0.1, 0.15) is 11.0 Å². The van der Waals surface area contributed by atoms with E-state index in [0.29, 0.717) is 11.4 Å². The number of rotatable bonds is 10. The minimum Gasteiger partial charge on any atom is -0.289 e. The maximum Gasteiger partial charge on any atom is 0.433 e. The van der Waals surface area contributed by atoms with Gasteiger partial charge in [-0.3, -0.25) is 5.43 Å². The number of halogens is 3. The fraction of sp³-hybridized carbons (Fsp3) is 0.154. The van der Waals surface area contributed by atoms with E-state index in [2.05, 4.69) is 20.8 Å². The normalized spacial score (nSPS) is 12.4. The van der Waals surface area contributed by atoms with Gasteiger partial charge in [0.2, 0.25) is 5.95 Å². The van der Waals surface area contributed by atoms with Gasteiger partial charge in [0.15, 0.2) is 5.69 Å². The lowest BCUT2D eigenvalue weighted by atomic mass is 10.2. The van der Waals surface area contributed by atoms with Gasteiger partial charge >= 0.3 is 6.18 Å². The van der Waals surface area contributed by atoms with E-state index >= 15 is 0 Å². The van der Waals surface area contributed by atoms with Crippen LogP contribution in [-0.4, -0.2) is 18.5 Å². The lowest BCUT2D eigenvalue weighted by Crippen LogP contribution is -2.28. The summed E-state index contributed by atoms with van der Waals surface area (Å²) >= 11 is 0. The minimum absolute atomic E-state index is 0.170. The summed E-state index contributed by atoms with van der Waals surface area (Å²) in [7, 11) is -1.71. The average molecular weight is 512 g/mol. The molecule has 0 fully saturated rings. The predicted octanol–water partition coefficient (Wildman–Crippen LogP) is 5.34. The van der Waals surface area contributed by atoms with Gasteiger partial charge in [-0.25, -0.2) is 23.9 Å². The van der Waals surface area contributed by atoms with Gasteiger partial charge in [0.25, 0.3) is 0 Å². The molecule has 186 valence electrons. The SMILES string of the molecule is O=S(c1ccccc1)N(Cc1ccccc1)Cc1cnc(NNCc2ccccc2)nc1C(F)(F)F. The zero-order chi connectivity index (χ0) is 25.4. The number of hydrazine groups is 1. The molecule has 1 aromatic heterocycles. The summed E-state index contributed by atoms with van der Waals surface area (Å²) < 4.78 is 56.8. The van der Waals surface area contributed by atoms with Gasteiger partial charge in [-0.2, -0.15) is 13.2 Å². The second-order valence-electron chi connectivity index (χ2n) is 7.88. The summed E-state index contributed by atoms with van der Waals surface area (Å²) in [5.74, 6) is -0.208. The first kappa shape index (κ1) is 25.5. The van der Waals surface area contributed by atoms with Crippen LogP contribution in [0.4, 0.5) is 19.1 Å². The van der Waals surface area contributed by atoms with Gasteiger partial charge in [0.05, 0.1) is 4.90 Å². The topological polar surface area (TPSA) is 70.2 Å². The molecule has 0 aliphatic rings. The standard InChI is InChI=1S/C26H24F3N5OS/c27-26(28,29)24-22(17-30-25(32-24)33-31-16-20-10-4-1-5-11-20)19-34(18-21-12-6-2-7-13-21)36(35)23-14-8-3-9-15-23/h1-15,17,31H,16,18-19H2,(H,30,32,33). The largest absolute Gasteiger partial charge is 0.433 e. The zero-order valence-corrected chi connectivity index (χ0v) is 20.0. The Kier molecular flexibility index (Phi) is 8.42. The first-order valence-electron chi connectivity index (χ1n) is 11.1. The average Bonchev–Trinajstić information content (AvgIpc) is 2.90. The highest BCUT2D eigenvalue weighted by atomic mass is 32.2. The van der Waals surface area contributed by atoms with E-state index in [-0.39, 0.29) is 24.6 Å². The smallest absolute Gasteiger partial charge is 0.289 e.